The highest BCUT2D eigenvalue weighted by Crippen LogP contribution is 2.24. The number of carbonyl (C=O) groups is 2. The molecule has 1 N–H and O–H groups in total. The van der Waals surface area contributed by atoms with Crippen molar-refractivity contribution in [2.24, 2.45) is 0 Å². The fourth-order valence-electron chi connectivity index (χ4n) is 2.42. The molecule has 156 valence electrons. The molecular weight excluding hydrogens is 426 g/mol. The summed E-state index contributed by atoms with van der Waals surface area (Å²) in [6.07, 6.45) is 0. The molecule has 0 aliphatic carbocycles. The number of hydrogen-bond acceptors (Lipinski definition) is 7. The SMILES string of the molecule is CN(C)S(=O)(=O)c1ccc(C(=O)OCC(=O)Nc2nc(-c3ccccc3)cs2)cc1. The van der Waals surface area contributed by atoms with Gasteiger partial charge in [-0.3, -0.25) is 10.1 Å². The molecule has 30 heavy (non-hydrogen) atoms. The molecule has 0 atom stereocenters. The second-order valence-electron chi connectivity index (χ2n) is 6.34. The minimum Gasteiger partial charge on any atom is -0.452 e. The van der Waals surface area contributed by atoms with E-state index in [1.54, 1.807) is 0 Å². The van der Waals surface area contributed by atoms with Crippen LogP contribution in [0.1, 0.15) is 10.4 Å². The Bertz CT molecular complexity index is 1140. The molecule has 0 aliphatic rings. The Kier molecular flexibility index (Phi) is 6.60. The van der Waals surface area contributed by atoms with Crippen molar-refractivity contribution >= 4 is 38.4 Å². The van der Waals surface area contributed by atoms with Crippen LogP contribution >= 0.6 is 11.3 Å². The van der Waals surface area contributed by atoms with E-state index in [4.69, 9.17) is 4.74 Å². The highest BCUT2D eigenvalue weighted by Gasteiger charge is 2.18. The molecule has 3 aromatic rings. The predicted octanol–water partition coefficient (Wildman–Crippen LogP) is 2.86. The Balaban J connectivity index is 1.55. The zero-order valence-electron chi connectivity index (χ0n) is 16.2. The van der Waals surface area contributed by atoms with E-state index in [1.807, 2.05) is 35.7 Å². The Morgan fingerprint density at radius 3 is 2.37 bits per heavy atom. The first kappa shape index (κ1) is 21.6. The van der Waals surface area contributed by atoms with Gasteiger partial charge in [0.1, 0.15) is 0 Å². The molecule has 0 aliphatic heterocycles. The Labute approximate surface area is 178 Å². The number of anilines is 1. The van der Waals surface area contributed by atoms with Crippen molar-refractivity contribution in [2.75, 3.05) is 26.0 Å². The molecule has 0 saturated carbocycles. The molecule has 0 unspecified atom stereocenters. The van der Waals surface area contributed by atoms with E-state index in [1.165, 1.54) is 49.7 Å². The lowest BCUT2D eigenvalue weighted by Gasteiger charge is -2.11. The molecule has 1 aromatic heterocycles. The summed E-state index contributed by atoms with van der Waals surface area (Å²) < 4.78 is 30.2. The van der Waals surface area contributed by atoms with E-state index in [0.29, 0.717) is 5.13 Å². The highest BCUT2D eigenvalue weighted by molar-refractivity contribution is 7.89. The van der Waals surface area contributed by atoms with Crippen LogP contribution in [0.5, 0.6) is 0 Å². The number of sulfonamides is 1. The van der Waals surface area contributed by atoms with Gasteiger partial charge in [0.15, 0.2) is 11.7 Å². The molecule has 0 bridgehead atoms. The van der Waals surface area contributed by atoms with Crippen LogP contribution in [0.25, 0.3) is 11.3 Å². The van der Waals surface area contributed by atoms with E-state index < -0.39 is 28.5 Å². The number of rotatable bonds is 7. The summed E-state index contributed by atoms with van der Waals surface area (Å²) in [4.78, 5) is 28.6. The van der Waals surface area contributed by atoms with E-state index in [-0.39, 0.29) is 10.5 Å². The molecule has 0 fully saturated rings. The summed E-state index contributed by atoms with van der Waals surface area (Å²) in [5, 5.41) is 4.80. The van der Waals surface area contributed by atoms with Crippen molar-refractivity contribution in [3.63, 3.8) is 0 Å². The maximum absolute atomic E-state index is 12.1. The normalized spacial score (nSPS) is 11.3. The number of thiazole rings is 1. The van der Waals surface area contributed by atoms with E-state index in [9.17, 15) is 18.0 Å². The van der Waals surface area contributed by atoms with Crippen molar-refractivity contribution in [1.82, 2.24) is 9.29 Å². The van der Waals surface area contributed by atoms with Crippen LogP contribution in [0.4, 0.5) is 5.13 Å². The van der Waals surface area contributed by atoms with Gasteiger partial charge in [-0.25, -0.2) is 22.5 Å². The third kappa shape index (κ3) is 5.09. The highest BCUT2D eigenvalue weighted by atomic mass is 32.2. The fraction of sp³-hybridized carbons (Fsp3) is 0.150. The number of benzene rings is 2. The number of amides is 1. The molecule has 1 amide bonds. The Morgan fingerprint density at radius 2 is 1.73 bits per heavy atom. The second-order valence-corrected chi connectivity index (χ2v) is 9.35. The third-order valence-corrected chi connectivity index (χ3v) is 6.61. The topological polar surface area (TPSA) is 106 Å². The van der Waals surface area contributed by atoms with Crippen LogP contribution in [0.15, 0.2) is 64.9 Å². The zero-order chi connectivity index (χ0) is 21.7. The molecule has 0 saturated heterocycles. The molecule has 0 radical (unpaired) electrons. The van der Waals surface area contributed by atoms with E-state index in [0.717, 1.165) is 15.6 Å². The minimum atomic E-state index is -3.59. The van der Waals surface area contributed by atoms with Gasteiger partial charge >= 0.3 is 5.97 Å². The van der Waals surface area contributed by atoms with Gasteiger partial charge in [0.2, 0.25) is 10.0 Å². The maximum Gasteiger partial charge on any atom is 0.338 e. The molecule has 3 rings (SSSR count). The molecule has 0 spiro atoms. The van der Waals surface area contributed by atoms with Gasteiger partial charge in [0, 0.05) is 25.0 Å². The largest absolute Gasteiger partial charge is 0.452 e. The van der Waals surface area contributed by atoms with Crippen molar-refractivity contribution in [3.8, 4) is 11.3 Å². The van der Waals surface area contributed by atoms with Crippen LogP contribution in [-0.4, -0.2) is 50.3 Å². The predicted molar refractivity (Wildman–Crippen MR) is 114 cm³/mol. The fourth-order valence-corrected chi connectivity index (χ4v) is 4.05. The maximum atomic E-state index is 12.1. The zero-order valence-corrected chi connectivity index (χ0v) is 17.9. The summed E-state index contributed by atoms with van der Waals surface area (Å²) in [5.74, 6) is -1.26. The summed E-state index contributed by atoms with van der Waals surface area (Å²) in [6, 6.07) is 14.8. The average Bonchev–Trinajstić information content (AvgIpc) is 3.21. The molecule has 1 heterocycles. The third-order valence-electron chi connectivity index (χ3n) is 4.02. The first-order valence-electron chi connectivity index (χ1n) is 8.78. The standard InChI is InChI=1S/C20H19N3O5S2/c1-23(2)30(26,27)16-10-8-15(9-11-16)19(25)28-12-18(24)22-20-21-17(13-29-20)14-6-4-3-5-7-14/h3-11,13H,12H2,1-2H3,(H,21,22,24). The number of carbonyl (C=O) groups excluding carboxylic acids is 2. The van der Waals surface area contributed by atoms with Crippen molar-refractivity contribution in [1.29, 1.82) is 0 Å². The van der Waals surface area contributed by atoms with Gasteiger partial charge in [-0.15, -0.1) is 11.3 Å². The molecule has 8 nitrogen and oxygen atoms in total. The van der Waals surface area contributed by atoms with Crippen molar-refractivity contribution in [3.05, 3.63) is 65.5 Å². The minimum absolute atomic E-state index is 0.0554. The summed E-state index contributed by atoms with van der Waals surface area (Å²) in [5.41, 5.74) is 1.81. The van der Waals surface area contributed by atoms with Gasteiger partial charge in [-0.1, -0.05) is 30.3 Å². The summed E-state index contributed by atoms with van der Waals surface area (Å²) >= 11 is 1.27. The Hall–Kier alpha value is -3.08. The monoisotopic (exact) mass is 445 g/mol. The van der Waals surface area contributed by atoms with Gasteiger partial charge in [0.05, 0.1) is 16.2 Å². The van der Waals surface area contributed by atoms with E-state index in [2.05, 4.69) is 10.3 Å². The lowest BCUT2D eigenvalue weighted by Crippen LogP contribution is -2.22. The Morgan fingerprint density at radius 1 is 1.07 bits per heavy atom. The summed E-state index contributed by atoms with van der Waals surface area (Å²) in [7, 11) is -0.750. The average molecular weight is 446 g/mol. The lowest BCUT2D eigenvalue weighted by atomic mass is 10.2. The second kappa shape index (κ2) is 9.16. The van der Waals surface area contributed by atoms with Crippen LogP contribution in [0.3, 0.4) is 0 Å². The number of hydrogen-bond donors (Lipinski definition) is 1. The van der Waals surface area contributed by atoms with Crippen molar-refractivity contribution < 1.29 is 22.7 Å². The number of nitrogens with one attached hydrogen (secondary N) is 1. The molecular formula is C20H19N3O5S2. The van der Waals surface area contributed by atoms with Crippen LogP contribution < -0.4 is 5.32 Å². The summed E-state index contributed by atoms with van der Waals surface area (Å²) in [6.45, 7) is -0.489. The molecule has 10 heteroatoms. The van der Waals surface area contributed by atoms with Crippen LogP contribution in [-0.2, 0) is 19.6 Å². The molecule has 2 aromatic carbocycles. The number of aromatic nitrogens is 1. The number of ether oxygens (including phenoxy) is 1. The quantitative estimate of drug-likeness (QED) is 0.561. The first-order chi connectivity index (χ1) is 14.3. The van der Waals surface area contributed by atoms with Gasteiger partial charge < -0.3 is 4.74 Å². The van der Waals surface area contributed by atoms with Crippen LogP contribution in [0.2, 0.25) is 0 Å². The number of nitrogens with zero attached hydrogens (tertiary/aromatic N) is 2. The van der Waals surface area contributed by atoms with Crippen molar-refractivity contribution in [2.45, 2.75) is 4.90 Å². The lowest BCUT2D eigenvalue weighted by molar-refractivity contribution is -0.119. The van der Waals surface area contributed by atoms with Crippen LogP contribution in [0, 0.1) is 0 Å². The van der Waals surface area contributed by atoms with Gasteiger partial charge in [0.25, 0.3) is 5.91 Å². The first-order valence-corrected chi connectivity index (χ1v) is 11.1. The van der Waals surface area contributed by atoms with E-state index >= 15 is 0 Å². The number of esters is 1. The van der Waals surface area contributed by atoms with Gasteiger partial charge in [-0.05, 0) is 24.3 Å². The van der Waals surface area contributed by atoms with Gasteiger partial charge in [-0.2, -0.15) is 0 Å². The smallest absolute Gasteiger partial charge is 0.338 e.